The molecule has 4 N–H and O–H groups in total. The number of nitrogens with one attached hydrogen (secondary N) is 2. The number of aromatic nitrogens is 3. The van der Waals surface area contributed by atoms with E-state index in [-0.39, 0.29) is 22.9 Å². The average molecular weight is 509 g/mol. The Morgan fingerprint density at radius 2 is 1.89 bits per heavy atom. The van der Waals surface area contributed by atoms with E-state index in [1.807, 2.05) is 75.4 Å². The largest absolute Gasteiger partial charge is 0.381 e. The molecule has 1 amide bonds. The number of nitrogen functional groups attached to an aromatic ring is 1. The van der Waals surface area contributed by atoms with Gasteiger partial charge in [0.25, 0.3) is 11.5 Å². The molecule has 0 aliphatic rings. The fraction of sp³-hybridized carbons (Fsp3) is 0.233. The number of anilines is 2. The lowest BCUT2D eigenvalue weighted by atomic mass is 10.0. The van der Waals surface area contributed by atoms with Gasteiger partial charge in [-0.3, -0.25) is 18.8 Å². The highest BCUT2D eigenvalue weighted by molar-refractivity contribution is 6.03. The zero-order valence-electron chi connectivity index (χ0n) is 22.1. The standard InChI is InChI=1S/C30H32N6O2/c1-6-17-32-28-26(27(31)34-35(28)5)29(37)33-20(4)24-18-22-12-10-11-21(16-15-19(2)3)25(22)30(38)36(24)23-13-8-7-9-14-23/h6-14,18-20,32H,1,17H2,2-5H3,(H2,31,34)(H,33,37). The summed E-state index contributed by atoms with van der Waals surface area (Å²) in [5.74, 6) is 6.69. The van der Waals surface area contributed by atoms with Crippen LogP contribution < -0.4 is 21.9 Å². The molecule has 0 saturated heterocycles. The van der Waals surface area contributed by atoms with Crippen molar-refractivity contribution in [3.8, 4) is 17.5 Å². The summed E-state index contributed by atoms with van der Waals surface area (Å²) in [6.07, 6.45) is 1.68. The summed E-state index contributed by atoms with van der Waals surface area (Å²) >= 11 is 0. The Bertz CT molecular complexity index is 1620. The van der Waals surface area contributed by atoms with Crippen molar-refractivity contribution in [2.75, 3.05) is 17.6 Å². The first kappa shape index (κ1) is 26.3. The first-order valence-corrected chi connectivity index (χ1v) is 12.5. The van der Waals surface area contributed by atoms with Crippen LogP contribution in [-0.2, 0) is 7.05 Å². The van der Waals surface area contributed by atoms with Gasteiger partial charge in [0.15, 0.2) is 5.82 Å². The van der Waals surface area contributed by atoms with E-state index in [0.717, 1.165) is 5.39 Å². The minimum Gasteiger partial charge on any atom is -0.381 e. The molecule has 4 aromatic rings. The third-order valence-corrected chi connectivity index (χ3v) is 6.09. The molecule has 0 bridgehead atoms. The van der Waals surface area contributed by atoms with Crippen LogP contribution in [0.3, 0.4) is 0 Å². The molecule has 0 radical (unpaired) electrons. The smallest absolute Gasteiger partial charge is 0.264 e. The van der Waals surface area contributed by atoms with E-state index in [1.165, 1.54) is 4.68 Å². The monoisotopic (exact) mass is 508 g/mol. The van der Waals surface area contributed by atoms with Gasteiger partial charge < -0.3 is 16.4 Å². The van der Waals surface area contributed by atoms with Crippen molar-refractivity contribution in [3.05, 3.63) is 94.4 Å². The fourth-order valence-electron chi connectivity index (χ4n) is 4.35. The maximum Gasteiger partial charge on any atom is 0.264 e. The molecule has 0 saturated carbocycles. The molecule has 0 fully saturated rings. The first-order chi connectivity index (χ1) is 18.2. The Morgan fingerprint density at radius 3 is 2.58 bits per heavy atom. The molecule has 0 spiro atoms. The van der Waals surface area contributed by atoms with Crippen LogP contribution >= 0.6 is 0 Å². The SMILES string of the molecule is C=CCNc1c(C(=O)NC(C)c2cc3cccc(C#CC(C)C)c3c(=O)n2-c2ccccc2)c(N)nn1C. The lowest BCUT2D eigenvalue weighted by molar-refractivity contribution is 0.0940. The van der Waals surface area contributed by atoms with Crippen LogP contribution in [0.5, 0.6) is 0 Å². The summed E-state index contributed by atoms with van der Waals surface area (Å²) in [7, 11) is 1.71. The molecule has 8 heteroatoms. The number of nitrogens with zero attached hydrogens (tertiary/aromatic N) is 3. The van der Waals surface area contributed by atoms with E-state index in [2.05, 4.69) is 34.2 Å². The molecule has 0 aliphatic carbocycles. The van der Waals surface area contributed by atoms with Gasteiger partial charge in [0.2, 0.25) is 0 Å². The lowest BCUT2D eigenvalue weighted by Gasteiger charge is -2.21. The molecule has 8 nitrogen and oxygen atoms in total. The van der Waals surface area contributed by atoms with Gasteiger partial charge in [0, 0.05) is 36.5 Å². The normalized spacial score (nSPS) is 11.6. The third kappa shape index (κ3) is 5.18. The van der Waals surface area contributed by atoms with Gasteiger partial charge in [-0.05, 0) is 36.6 Å². The number of hydrogen-bond acceptors (Lipinski definition) is 5. The van der Waals surface area contributed by atoms with Crippen molar-refractivity contribution >= 4 is 28.3 Å². The highest BCUT2D eigenvalue weighted by Gasteiger charge is 2.25. The van der Waals surface area contributed by atoms with Gasteiger partial charge in [-0.15, -0.1) is 6.58 Å². The van der Waals surface area contributed by atoms with E-state index in [1.54, 1.807) is 17.7 Å². The van der Waals surface area contributed by atoms with Gasteiger partial charge >= 0.3 is 0 Å². The fourth-order valence-corrected chi connectivity index (χ4v) is 4.35. The van der Waals surface area contributed by atoms with Crippen molar-refractivity contribution in [3.63, 3.8) is 0 Å². The summed E-state index contributed by atoms with van der Waals surface area (Å²) in [5.41, 5.74) is 8.12. The van der Waals surface area contributed by atoms with Crippen LogP contribution in [-0.4, -0.2) is 26.8 Å². The lowest BCUT2D eigenvalue weighted by Crippen LogP contribution is -2.32. The first-order valence-electron chi connectivity index (χ1n) is 12.5. The molecule has 4 rings (SSSR count). The molecule has 2 aromatic carbocycles. The van der Waals surface area contributed by atoms with E-state index < -0.39 is 11.9 Å². The van der Waals surface area contributed by atoms with Crippen LogP contribution in [0.4, 0.5) is 11.6 Å². The molecule has 38 heavy (non-hydrogen) atoms. The molecule has 2 heterocycles. The van der Waals surface area contributed by atoms with Crippen LogP contribution in [0.15, 0.2) is 72.0 Å². The minimum absolute atomic E-state index is 0.107. The average Bonchev–Trinajstić information content (AvgIpc) is 3.18. The molecule has 2 aromatic heterocycles. The van der Waals surface area contributed by atoms with Crippen molar-refractivity contribution in [1.29, 1.82) is 0 Å². The van der Waals surface area contributed by atoms with E-state index in [0.29, 0.717) is 34.7 Å². The number of hydrogen-bond donors (Lipinski definition) is 3. The highest BCUT2D eigenvalue weighted by Crippen LogP contribution is 2.26. The number of para-hydroxylation sites is 1. The molecular formula is C30H32N6O2. The number of amides is 1. The predicted octanol–water partition coefficient (Wildman–Crippen LogP) is 4.40. The number of pyridine rings is 1. The number of rotatable bonds is 7. The molecule has 1 atom stereocenters. The second-order valence-electron chi connectivity index (χ2n) is 9.34. The van der Waals surface area contributed by atoms with Crippen LogP contribution in [0.25, 0.3) is 16.5 Å². The predicted molar refractivity (Wildman–Crippen MR) is 153 cm³/mol. The maximum atomic E-state index is 14.0. The summed E-state index contributed by atoms with van der Waals surface area (Å²) in [5, 5.41) is 11.6. The number of nitrogens with two attached hydrogens (primary N) is 1. The Kier molecular flexibility index (Phi) is 7.68. The minimum atomic E-state index is -0.544. The van der Waals surface area contributed by atoms with Gasteiger partial charge in [-0.25, -0.2) is 0 Å². The number of fused-ring (bicyclic) bond motifs is 1. The highest BCUT2D eigenvalue weighted by atomic mass is 16.2. The van der Waals surface area contributed by atoms with E-state index in [4.69, 9.17) is 5.73 Å². The number of carbonyl (C=O) groups is 1. The second-order valence-corrected chi connectivity index (χ2v) is 9.34. The van der Waals surface area contributed by atoms with Crippen molar-refractivity contribution in [1.82, 2.24) is 19.7 Å². The van der Waals surface area contributed by atoms with Gasteiger partial charge in [0.05, 0.1) is 11.4 Å². The molecule has 1 unspecified atom stereocenters. The van der Waals surface area contributed by atoms with E-state index >= 15 is 0 Å². The zero-order chi connectivity index (χ0) is 27.4. The van der Waals surface area contributed by atoms with Crippen molar-refractivity contribution in [2.45, 2.75) is 26.8 Å². The van der Waals surface area contributed by atoms with Crippen molar-refractivity contribution < 1.29 is 4.79 Å². The van der Waals surface area contributed by atoms with Gasteiger partial charge in [-0.2, -0.15) is 5.10 Å². The van der Waals surface area contributed by atoms with Crippen LogP contribution in [0.1, 0.15) is 48.4 Å². The van der Waals surface area contributed by atoms with Gasteiger partial charge in [-0.1, -0.05) is 62.1 Å². The zero-order valence-corrected chi connectivity index (χ0v) is 22.1. The Hall–Kier alpha value is -4.77. The summed E-state index contributed by atoms with van der Waals surface area (Å²) < 4.78 is 3.16. The summed E-state index contributed by atoms with van der Waals surface area (Å²) in [6.45, 7) is 10.0. The maximum absolute atomic E-state index is 14.0. The Morgan fingerprint density at radius 1 is 1.16 bits per heavy atom. The molecule has 194 valence electrons. The number of benzene rings is 2. The second kappa shape index (κ2) is 11.1. The Balaban J connectivity index is 1.85. The summed E-state index contributed by atoms with van der Waals surface area (Å²) in [4.78, 5) is 27.5. The Labute approximate surface area is 222 Å². The molecule has 0 aliphatic heterocycles. The molecular weight excluding hydrogens is 476 g/mol. The van der Waals surface area contributed by atoms with Crippen LogP contribution in [0, 0.1) is 17.8 Å². The summed E-state index contributed by atoms with van der Waals surface area (Å²) in [6, 6.07) is 16.4. The quantitative estimate of drug-likeness (QED) is 0.253. The third-order valence-electron chi connectivity index (χ3n) is 6.09. The topological polar surface area (TPSA) is 107 Å². The van der Waals surface area contributed by atoms with Crippen LogP contribution in [0.2, 0.25) is 0 Å². The van der Waals surface area contributed by atoms with E-state index in [9.17, 15) is 9.59 Å². The number of carbonyl (C=O) groups excluding carboxylic acids is 1. The van der Waals surface area contributed by atoms with Crippen molar-refractivity contribution in [2.24, 2.45) is 13.0 Å². The van der Waals surface area contributed by atoms with Gasteiger partial charge in [0.1, 0.15) is 11.4 Å². The number of aryl methyl sites for hydroxylation is 1.